The summed E-state index contributed by atoms with van der Waals surface area (Å²) < 4.78 is 98.1. The average Bonchev–Trinajstić information content (AvgIpc) is 1.44. The molecule has 4 aliphatic rings. The molecule has 4 aliphatic heterocycles. The lowest BCUT2D eigenvalue weighted by Crippen LogP contribution is -2.46. The summed E-state index contributed by atoms with van der Waals surface area (Å²) in [5, 5.41) is 9.09. The zero-order valence-electron chi connectivity index (χ0n) is 69.7. The number of methoxy groups -OCH3 is 4. The molecule has 0 bridgehead atoms. The predicted molar refractivity (Wildman–Crippen MR) is 498 cm³/mol. The van der Waals surface area contributed by atoms with Crippen LogP contribution in [0.4, 0.5) is 13.2 Å². The number of aromatic nitrogens is 4. The summed E-state index contributed by atoms with van der Waals surface area (Å²) in [5.41, 5.74) is 15.2. The van der Waals surface area contributed by atoms with Gasteiger partial charge in [0.05, 0.1) is 69.6 Å². The van der Waals surface area contributed by atoms with E-state index in [0.29, 0.717) is 71.2 Å². The highest BCUT2D eigenvalue weighted by Crippen LogP contribution is 2.47. The van der Waals surface area contributed by atoms with Gasteiger partial charge in [-0.05, 0) is 246 Å². The van der Waals surface area contributed by atoms with Crippen molar-refractivity contribution in [3.63, 3.8) is 0 Å². The molecule has 652 valence electrons. The Balaban J connectivity index is 0.000000120. The van der Waals surface area contributed by atoms with Gasteiger partial charge in [-0.3, -0.25) is 14.4 Å². The molecule has 0 saturated carbocycles. The van der Waals surface area contributed by atoms with Crippen LogP contribution in [-0.4, -0.2) is 126 Å². The Morgan fingerprint density at radius 3 is 1.23 bits per heavy atom. The number of aromatic amines is 4. The summed E-state index contributed by atoms with van der Waals surface area (Å²) in [4.78, 5) is 60.9. The number of nitrogens with one attached hydrogen (secondary N) is 4. The Kier molecular flexibility index (Phi) is 25.8. The fourth-order valence-electron chi connectivity index (χ4n) is 17.8. The normalized spacial score (nSPS) is 16.1. The first-order valence-electron chi connectivity index (χ1n) is 41.3. The van der Waals surface area contributed by atoms with Gasteiger partial charge in [-0.1, -0.05) is 143 Å². The first-order valence-corrected chi connectivity index (χ1v) is 45.5. The van der Waals surface area contributed by atoms with Gasteiger partial charge in [-0.25, -0.2) is 21.6 Å². The van der Waals surface area contributed by atoms with E-state index in [9.17, 15) is 36.0 Å². The molecule has 0 radical (unpaired) electrons. The van der Waals surface area contributed by atoms with Crippen LogP contribution in [0.25, 0.3) is 43.6 Å². The number of fused-ring (bicyclic) bond motifs is 12. The Hall–Kier alpha value is -12.2. The molecule has 3 amide bonds. The maximum absolute atomic E-state index is 14.5. The van der Waals surface area contributed by atoms with E-state index in [1.165, 1.54) is 20.3 Å². The molecule has 5 unspecified atom stereocenters. The number of hydrogen-bond donors (Lipinski definition) is 4. The van der Waals surface area contributed by atoms with Gasteiger partial charge in [0.1, 0.15) is 33.6 Å². The SMILES string of the molecule is COc1ccc(C2c3[nH]c4ccc(Cl)cc4c3CCN2C(=O)C(C)Oc2ccccc2)cc1.COc1ccc(C2c3[nH]c4ccc(Cl)cc4c3CCN2C(=O)Cc2cccs2)cc1.COc1ccc(C2c3[nH]c4ccc(Cl)cc4c3CCN2C(=O)c2ccc(F)c(F)c2F)cc1.COc1ccc(C2c3[nH]c4ccc(Cl)cc4c3CCN2S(=O)(=O)c2ccccc2Cl)cc1. The molecule has 5 aromatic heterocycles. The average molecular weight is 1860 g/mol. The second kappa shape index (κ2) is 37.6. The summed E-state index contributed by atoms with van der Waals surface area (Å²) in [6.07, 6.45) is 2.40. The van der Waals surface area contributed by atoms with Crippen molar-refractivity contribution in [3.8, 4) is 28.7 Å². The van der Waals surface area contributed by atoms with Crippen molar-refractivity contribution in [1.29, 1.82) is 0 Å². The molecule has 128 heavy (non-hydrogen) atoms. The number of hydrogen-bond acceptors (Lipinski definition) is 11. The van der Waals surface area contributed by atoms with E-state index < -0.39 is 57.1 Å². The fourth-order valence-corrected chi connectivity index (χ4v) is 21.3. The quantitative estimate of drug-likeness (QED) is 0.0673. The number of halogens is 8. The minimum absolute atomic E-state index is 0.0537. The first kappa shape index (κ1) is 87.9. The number of thiophene rings is 1. The van der Waals surface area contributed by atoms with Crippen LogP contribution in [0.1, 0.15) is 114 Å². The summed E-state index contributed by atoms with van der Waals surface area (Å²) in [6, 6.07) is 73.6. The first-order chi connectivity index (χ1) is 62.0. The number of para-hydroxylation sites is 1. The molecule has 0 aliphatic carbocycles. The predicted octanol–water partition coefficient (Wildman–Crippen LogP) is 23.2. The second-order valence-electron chi connectivity index (χ2n) is 31.2. The highest BCUT2D eigenvalue weighted by atomic mass is 35.5. The van der Waals surface area contributed by atoms with Crippen molar-refractivity contribution in [2.75, 3.05) is 54.6 Å². The smallest absolute Gasteiger partial charge is 0.264 e. The number of carbonyl (C=O) groups is 3. The van der Waals surface area contributed by atoms with Gasteiger partial charge in [0.25, 0.3) is 11.8 Å². The molecule has 0 saturated heterocycles. The Bertz CT molecular complexity index is 6940. The van der Waals surface area contributed by atoms with Gasteiger partial charge >= 0.3 is 0 Å². The van der Waals surface area contributed by atoms with Gasteiger partial charge < -0.3 is 58.3 Å². The maximum Gasteiger partial charge on any atom is 0.264 e. The van der Waals surface area contributed by atoms with Crippen LogP contribution in [0.3, 0.4) is 0 Å². The third kappa shape index (κ3) is 17.6. The third-order valence-corrected chi connectivity index (χ3v) is 28.1. The van der Waals surface area contributed by atoms with E-state index in [1.54, 1.807) is 89.2 Å². The van der Waals surface area contributed by atoms with Crippen molar-refractivity contribution >= 4 is 141 Å². The third-order valence-electron chi connectivity index (χ3n) is 23.9. The Morgan fingerprint density at radius 2 is 0.805 bits per heavy atom. The standard InChI is InChI=1S/C27H25ClN2O3.C25H18ClF3N2O2.C24H20Cl2N2O3S.C24H21ClN2O2S/c1-17(33-21-6-4-3-5-7-21)27(31)30-15-14-22-23-16-19(28)10-13-24(23)29-25(22)26(30)18-8-11-20(32-2)12-9-18;1-33-15-5-2-13(3-6-15)24-23-16(18-12-14(26)4-9-20(18)30-23)10-11-31(24)25(32)17-7-8-19(27)22(29)21(17)28;1-31-17-9-6-15(7-10-17)24-23-18(19-14-16(25)8-11-21(19)27-23)12-13-28(24)32(29,30)22-5-3-2-4-20(22)26;1-29-17-7-4-15(5-8-17)24-23-19(20-13-16(25)6-9-21(20)26-23)10-11-27(24)22(28)14-18-3-2-12-30-18/h3-13,16-17,26,29H,14-15H2,1-2H3;2-9,12,24,30H,10-11H2,1H3;2-11,14,24,27H,12-13H2,1H3;2-9,12-13,24,26H,10-11,14H2,1H3. The minimum Gasteiger partial charge on any atom is -0.497 e. The molecule has 11 aromatic carbocycles. The van der Waals surface area contributed by atoms with Crippen LogP contribution < -0.4 is 23.7 Å². The maximum atomic E-state index is 14.5. The number of H-pyrrole nitrogens is 4. The van der Waals surface area contributed by atoms with E-state index in [-0.39, 0.29) is 40.4 Å². The number of ether oxygens (including phenoxy) is 5. The number of carbonyl (C=O) groups excluding carboxylic acids is 3. The fraction of sp³-hybridized carbons (Fsp3) is 0.190. The van der Waals surface area contributed by atoms with E-state index in [2.05, 4.69) is 19.9 Å². The van der Waals surface area contributed by atoms with Crippen molar-refractivity contribution < 1.29 is 59.7 Å². The van der Waals surface area contributed by atoms with Gasteiger partial charge in [0, 0.05) is 118 Å². The van der Waals surface area contributed by atoms with Crippen molar-refractivity contribution in [2.24, 2.45) is 0 Å². The lowest BCUT2D eigenvalue weighted by atomic mass is 9.91. The van der Waals surface area contributed by atoms with Crippen molar-refractivity contribution in [3.05, 3.63) is 374 Å². The molecule has 28 heteroatoms. The van der Waals surface area contributed by atoms with Gasteiger partial charge in [-0.15, -0.1) is 11.3 Å². The molecule has 16 aromatic rings. The molecule has 18 nitrogen and oxygen atoms in total. The lowest BCUT2D eigenvalue weighted by molar-refractivity contribution is -0.140. The number of benzene rings is 11. The second-order valence-corrected chi connectivity index (χ2v) is 36.3. The zero-order chi connectivity index (χ0) is 89.3. The molecule has 4 N–H and O–H groups in total. The molecule has 0 spiro atoms. The Morgan fingerprint density at radius 1 is 0.422 bits per heavy atom. The van der Waals surface area contributed by atoms with E-state index in [0.717, 1.165) is 146 Å². The summed E-state index contributed by atoms with van der Waals surface area (Å²) in [6.45, 7) is 3.63. The highest BCUT2D eigenvalue weighted by Gasteiger charge is 2.43. The number of rotatable bonds is 16. The van der Waals surface area contributed by atoms with Crippen LogP contribution in [-0.2, 0) is 51.7 Å². The van der Waals surface area contributed by atoms with Crippen LogP contribution in [0.2, 0.25) is 25.1 Å². The molecule has 0 fully saturated rings. The lowest BCUT2D eigenvalue weighted by Gasteiger charge is -2.37. The summed E-state index contributed by atoms with van der Waals surface area (Å²) in [5.74, 6) is -1.55. The summed E-state index contributed by atoms with van der Waals surface area (Å²) >= 11 is 32.9. The van der Waals surface area contributed by atoms with Crippen molar-refractivity contribution in [1.82, 2.24) is 38.9 Å². The van der Waals surface area contributed by atoms with Crippen molar-refractivity contribution in [2.45, 2.75) is 74.2 Å². The van der Waals surface area contributed by atoms with E-state index in [4.69, 9.17) is 81.7 Å². The zero-order valence-corrected chi connectivity index (χ0v) is 75.1. The monoisotopic (exact) mass is 1850 g/mol. The minimum atomic E-state index is -3.87. The van der Waals surface area contributed by atoms with Crippen LogP contribution in [0.5, 0.6) is 28.7 Å². The van der Waals surface area contributed by atoms with Crippen LogP contribution in [0.15, 0.2) is 259 Å². The largest absolute Gasteiger partial charge is 0.497 e. The number of nitrogens with zero attached hydrogens (tertiary/aromatic N) is 4. The molecule has 9 heterocycles. The van der Waals surface area contributed by atoms with Crippen LogP contribution in [0, 0.1) is 17.5 Å². The van der Waals surface area contributed by atoms with E-state index >= 15 is 0 Å². The highest BCUT2D eigenvalue weighted by molar-refractivity contribution is 7.89. The van der Waals surface area contributed by atoms with Gasteiger partial charge in [0.15, 0.2) is 23.6 Å². The number of sulfonamides is 1. The molecular formula is C100H84Cl5F3N8O10S2. The van der Waals surface area contributed by atoms with Crippen LogP contribution >= 0.6 is 69.3 Å². The van der Waals surface area contributed by atoms with E-state index in [1.807, 2.05) is 209 Å². The summed E-state index contributed by atoms with van der Waals surface area (Å²) in [7, 11) is 2.59. The van der Waals surface area contributed by atoms with Gasteiger partial charge in [-0.2, -0.15) is 4.31 Å². The molecular weight excluding hydrogens is 1770 g/mol. The topological polar surface area (TPSA) is 208 Å². The van der Waals surface area contributed by atoms with Gasteiger partial charge in [0.2, 0.25) is 15.9 Å². The molecule has 20 rings (SSSR count). The Labute approximate surface area is 765 Å². The number of amides is 3. The molecule has 5 atom stereocenters.